The summed E-state index contributed by atoms with van der Waals surface area (Å²) in [7, 11) is 0. The molecule has 0 aromatic carbocycles. The van der Waals surface area contributed by atoms with E-state index in [0.29, 0.717) is 6.61 Å². The summed E-state index contributed by atoms with van der Waals surface area (Å²) in [5.41, 5.74) is 0. The van der Waals surface area contributed by atoms with Crippen molar-refractivity contribution in [3.8, 4) is 0 Å². The molecule has 3 aliphatic rings. The zero-order chi connectivity index (χ0) is 15.4. The summed E-state index contributed by atoms with van der Waals surface area (Å²) < 4.78 is 34.2. The van der Waals surface area contributed by atoms with Gasteiger partial charge in [-0.15, -0.1) is 0 Å². The van der Waals surface area contributed by atoms with Gasteiger partial charge in [0.05, 0.1) is 6.61 Å². The zero-order valence-electron chi connectivity index (χ0n) is 13.0. The van der Waals surface area contributed by atoms with Crippen molar-refractivity contribution in [1.29, 1.82) is 0 Å². The first-order chi connectivity index (χ1) is 9.67. The number of ether oxygens (including phenoxy) is 6. The Balaban J connectivity index is 1.77. The van der Waals surface area contributed by atoms with Gasteiger partial charge in [0.2, 0.25) is 0 Å². The number of hydrogen-bond acceptors (Lipinski definition) is 7. The Morgan fingerprint density at radius 3 is 2.33 bits per heavy atom. The molecule has 3 fully saturated rings. The van der Waals surface area contributed by atoms with Gasteiger partial charge in [-0.25, -0.2) is 0 Å². The van der Waals surface area contributed by atoms with Crippen molar-refractivity contribution in [3.05, 3.63) is 0 Å². The fraction of sp³-hybridized carbons (Fsp3) is 0.929. The Morgan fingerprint density at radius 2 is 1.76 bits per heavy atom. The van der Waals surface area contributed by atoms with Gasteiger partial charge in [0.15, 0.2) is 30.1 Å². The van der Waals surface area contributed by atoms with Crippen molar-refractivity contribution in [2.24, 2.45) is 0 Å². The van der Waals surface area contributed by atoms with E-state index >= 15 is 0 Å². The summed E-state index contributed by atoms with van der Waals surface area (Å²) in [4.78, 5) is 11.4. The summed E-state index contributed by atoms with van der Waals surface area (Å²) in [6.07, 6.45) is -2.40. The Hall–Kier alpha value is -0.730. The minimum atomic E-state index is -0.759. The summed E-state index contributed by atoms with van der Waals surface area (Å²) >= 11 is 0. The number of fused-ring (bicyclic) bond motifs is 1. The third-order valence-corrected chi connectivity index (χ3v) is 3.73. The van der Waals surface area contributed by atoms with Gasteiger partial charge in [-0.3, -0.25) is 4.79 Å². The molecule has 3 aliphatic heterocycles. The van der Waals surface area contributed by atoms with Gasteiger partial charge in [0.1, 0.15) is 12.2 Å². The molecule has 7 heteroatoms. The fourth-order valence-electron chi connectivity index (χ4n) is 3.01. The lowest BCUT2D eigenvalue weighted by Crippen LogP contribution is -2.44. The summed E-state index contributed by atoms with van der Waals surface area (Å²) in [5.74, 6) is -1.82. The number of carbonyl (C=O) groups excluding carboxylic acids is 1. The maximum atomic E-state index is 11.4. The maximum absolute atomic E-state index is 11.4. The molecular formula is C14H22O7. The number of carbonyl (C=O) groups is 1. The van der Waals surface area contributed by atoms with Crippen LogP contribution in [-0.4, -0.2) is 54.9 Å². The minimum Gasteiger partial charge on any atom is -0.457 e. The van der Waals surface area contributed by atoms with Crippen LogP contribution in [0.3, 0.4) is 0 Å². The van der Waals surface area contributed by atoms with E-state index in [1.807, 2.05) is 13.8 Å². The van der Waals surface area contributed by atoms with Crippen LogP contribution in [0.1, 0.15) is 34.6 Å². The van der Waals surface area contributed by atoms with E-state index in [1.165, 1.54) is 6.92 Å². The van der Waals surface area contributed by atoms with Crippen molar-refractivity contribution in [2.45, 2.75) is 76.9 Å². The van der Waals surface area contributed by atoms with Crippen molar-refractivity contribution in [3.63, 3.8) is 0 Å². The molecule has 0 radical (unpaired) electrons. The highest BCUT2D eigenvalue weighted by molar-refractivity contribution is 5.66. The van der Waals surface area contributed by atoms with Gasteiger partial charge in [-0.05, 0) is 27.7 Å². The zero-order valence-corrected chi connectivity index (χ0v) is 13.0. The van der Waals surface area contributed by atoms with Crippen LogP contribution in [0.2, 0.25) is 0 Å². The number of hydrogen-bond donors (Lipinski definition) is 0. The molecule has 3 heterocycles. The molecule has 0 aromatic rings. The molecule has 0 unspecified atom stereocenters. The Kier molecular flexibility index (Phi) is 3.53. The van der Waals surface area contributed by atoms with E-state index in [0.717, 1.165) is 0 Å². The van der Waals surface area contributed by atoms with Crippen LogP contribution in [0, 0.1) is 0 Å². The molecule has 0 spiro atoms. The molecule has 7 nitrogen and oxygen atoms in total. The monoisotopic (exact) mass is 302 g/mol. The van der Waals surface area contributed by atoms with Gasteiger partial charge < -0.3 is 28.4 Å². The molecule has 0 bridgehead atoms. The van der Waals surface area contributed by atoms with Crippen LogP contribution < -0.4 is 0 Å². The molecule has 3 rings (SSSR count). The minimum absolute atomic E-state index is 0.328. The second-order valence-electron chi connectivity index (χ2n) is 6.51. The van der Waals surface area contributed by atoms with E-state index in [2.05, 4.69) is 0 Å². The standard InChI is InChI=1S/C14H22O7/c1-7(15)17-10-9(8-6-16-13(2,3)19-8)18-12-11(10)20-14(4,5)21-12/h8-12H,6H2,1-5H3/t8-,9+,10+,11-,12+/m0/s1. The Morgan fingerprint density at radius 1 is 1.05 bits per heavy atom. The van der Waals surface area contributed by atoms with Crippen LogP contribution >= 0.6 is 0 Å². The predicted octanol–water partition coefficient (Wildman–Crippen LogP) is 0.946. The topological polar surface area (TPSA) is 72.5 Å². The van der Waals surface area contributed by atoms with E-state index in [4.69, 9.17) is 28.4 Å². The van der Waals surface area contributed by atoms with Gasteiger partial charge in [-0.1, -0.05) is 0 Å². The second-order valence-corrected chi connectivity index (χ2v) is 6.51. The van der Waals surface area contributed by atoms with Gasteiger partial charge in [0.25, 0.3) is 0 Å². The average molecular weight is 302 g/mol. The van der Waals surface area contributed by atoms with E-state index in [-0.39, 0.29) is 12.1 Å². The first kappa shape index (κ1) is 15.2. The number of esters is 1. The first-order valence-electron chi connectivity index (χ1n) is 7.17. The average Bonchev–Trinajstić information content (AvgIpc) is 2.90. The van der Waals surface area contributed by atoms with E-state index in [1.54, 1.807) is 13.8 Å². The predicted molar refractivity (Wildman–Crippen MR) is 69.2 cm³/mol. The molecule has 3 saturated heterocycles. The Labute approximate surface area is 123 Å². The molecule has 21 heavy (non-hydrogen) atoms. The highest BCUT2D eigenvalue weighted by Crippen LogP contribution is 2.41. The lowest BCUT2D eigenvalue weighted by Gasteiger charge is -2.28. The molecule has 0 amide bonds. The van der Waals surface area contributed by atoms with Crippen LogP contribution in [0.15, 0.2) is 0 Å². The van der Waals surface area contributed by atoms with Crippen molar-refractivity contribution < 1.29 is 33.2 Å². The largest absolute Gasteiger partial charge is 0.457 e. The third kappa shape index (κ3) is 2.93. The van der Waals surface area contributed by atoms with E-state index < -0.39 is 36.2 Å². The molecule has 120 valence electrons. The lowest BCUT2D eigenvalue weighted by atomic mass is 10.1. The fourth-order valence-corrected chi connectivity index (χ4v) is 3.01. The molecule has 0 saturated carbocycles. The van der Waals surface area contributed by atoms with Gasteiger partial charge in [-0.2, -0.15) is 0 Å². The van der Waals surface area contributed by atoms with Crippen LogP contribution in [-0.2, 0) is 33.2 Å². The molecule has 0 N–H and O–H groups in total. The molecule has 5 atom stereocenters. The third-order valence-electron chi connectivity index (χ3n) is 3.73. The number of rotatable bonds is 2. The van der Waals surface area contributed by atoms with Crippen molar-refractivity contribution in [1.82, 2.24) is 0 Å². The quantitative estimate of drug-likeness (QED) is 0.703. The normalized spacial score (nSPS) is 43.8. The summed E-state index contributed by atoms with van der Waals surface area (Å²) in [6.45, 7) is 9.00. The SMILES string of the molecule is CC(=O)O[C@H]1[C@@H]2OC(C)(C)O[C@H]2O[C@@H]1[C@@H]1COC(C)(C)O1. The van der Waals surface area contributed by atoms with Crippen LogP contribution in [0.25, 0.3) is 0 Å². The highest BCUT2D eigenvalue weighted by Gasteiger charge is 2.59. The lowest BCUT2D eigenvalue weighted by molar-refractivity contribution is -0.235. The van der Waals surface area contributed by atoms with Crippen molar-refractivity contribution in [2.75, 3.05) is 6.61 Å². The second kappa shape index (κ2) is 4.89. The molecule has 0 aliphatic carbocycles. The molecular weight excluding hydrogens is 280 g/mol. The van der Waals surface area contributed by atoms with Gasteiger partial charge in [0, 0.05) is 6.92 Å². The van der Waals surface area contributed by atoms with Crippen LogP contribution in [0.5, 0.6) is 0 Å². The maximum Gasteiger partial charge on any atom is 0.303 e. The van der Waals surface area contributed by atoms with Crippen LogP contribution in [0.4, 0.5) is 0 Å². The smallest absolute Gasteiger partial charge is 0.303 e. The Bertz CT molecular complexity index is 433. The highest BCUT2D eigenvalue weighted by atomic mass is 16.8. The summed E-state index contributed by atoms with van der Waals surface area (Å²) in [5, 5.41) is 0. The molecule has 0 aromatic heterocycles. The summed E-state index contributed by atoms with van der Waals surface area (Å²) in [6, 6.07) is 0. The first-order valence-corrected chi connectivity index (χ1v) is 7.17. The van der Waals surface area contributed by atoms with E-state index in [9.17, 15) is 4.79 Å². The van der Waals surface area contributed by atoms with Gasteiger partial charge >= 0.3 is 5.97 Å². The van der Waals surface area contributed by atoms with Crippen molar-refractivity contribution >= 4 is 5.97 Å².